The van der Waals surface area contributed by atoms with Crippen molar-refractivity contribution < 1.29 is 18.3 Å². The number of aliphatic carboxylic acids is 1. The molecule has 0 aromatic carbocycles. The fourth-order valence-electron chi connectivity index (χ4n) is 1.56. The molecule has 1 aliphatic rings. The highest BCUT2D eigenvalue weighted by atomic mass is 32.2. The minimum absolute atomic E-state index is 0.0218. The number of rotatable bonds is 6. The number of nitrogens with one attached hydrogen (secondary N) is 1. The third-order valence-electron chi connectivity index (χ3n) is 2.31. The Morgan fingerprint density at radius 2 is 2.25 bits per heavy atom. The minimum atomic E-state index is -3.30. The first-order valence-corrected chi connectivity index (χ1v) is 8.10. The normalized spacial score (nSPS) is 21.9. The van der Waals surface area contributed by atoms with Gasteiger partial charge < -0.3 is 5.11 Å². The number of hydrogen-bond acceptors (Lipinski definition) is 4. The van der Waals surface area contributed by atoms with E-state index in [1.54, 1.807) is 11.8 Å². The number of carbonyl (C=O) groups is 1. The Labute approximate surface area is 100 Å². The van der Waals surface area contributed by atoms with Crippen LogP contribution in [0, 0.1) is 0 Å². The minimum Gasteiger partial charge on any atom is -0.481 e. The highest BCUT2D eigenvalue weighted by molar-refractivity contribution is 7.99. The third kappa shape index (κ3) is 5.72. The van der Waals surface area contributed by atoms with E-state index < -0.39 is 16.0 Å². The smallest absolute Gasteiger partial charge is 0.303 e. The van der Waals surface area contributed by atoms with Crippen molar-refractivity contribution in [3.8, 4) is 0 Å². The van der Waals surface area contributed by atoms with E-state index >= 15 is 0 Å². The molecule has 1 heterocycles. The van der Waals surface area contributed by atoms with Gasteiger partial charge in [0.05, 0.1) is 5.75 Å². The van der Waals surface area contributed by atoms with Crippen molar-refractivity contribution in [2.24, 2.45) is 0 Å². The summed E-state index contributed by atoms with van der Waals surface area (Å²) in [6.45, 7) is 0. The van der Waals surface area contributed by atoms with Gasteiger partial charge in [0.2, 0.25) is 10.0 Å². The molecule has 0 aliphatic carbocycles. The van der Waals surface area contributed by atoms with Gasteiger partial charge in [0.15, 0.2) is 0 Å². The first-order chi connectivity index (χ1) is 7.49. The Hall–Kier alpha value is -0.270. The molecule has 7 heteroatoms. The number of carboxylic acids is 1. The first-order valence-electron chi connectivity index (χ1n) is 5.29. The summed E-state index contributed by atoms with van der Waals surface area (Å²) in [6, 6.07) is 0.0218. The molecule has 0 aromatic rings. The number of sulfonamides is 1. The second kappa shape index (κ2) is 6.46. The standard InChI is InChI=1S/C9H17NO4S2/c11-9(12)4-2-6-16(13,14)10-8-3-1-5-15-7-8/h8,10H,1-7H2,(H,11,12). The van der Waals surface area contributed by atoms with Crippen LogP contribution in [0.25, 0.3) is 0 Å². The fraction of sp³-hybridized carbons (Fsp3) is 0.889. The zero-order chi connectivity index (χ0) is 12.0. The molecule has 1 unspecified atom stereocenters. The molecule has 1 rings (SSSR count). The summed E-state index contributed by atoms with van der Waals surface area (Å²) in [4.78, 5) is 10.3. The molecule has 0 radical (unpaired) electrons. The van der Waals surface area contributed by atoms with Gasteiger partial charge >= 0.3 is 5.97 Å². The van der Waals surface area contributed by atoms with Crippen molar-refractivity contribution in [3.63, 3.8) is 0 Å². The molecule has 1 aliphatic heterocycles. The van der Waals surface area contributed by atoms with Gasteiger partial charge in [-0.2, -0.15) is 11.8 Å². The average Bonchev–Trinajstić information content (AvgIpc) is 2.17. The van der Waals surface area contributed by atoms with Crippen LogP contribution in [-0.4, -0.2) is 42.8 Å². The summed E-state index contributed by atoms with van der Waals surface area (Å²) < 4.78 is 25.8. The zero-order valence-electron chi connectivity index (χ0n) is 9.02. The van der Waals surface area contributed by atoms with Gasteiger partial charge in [0.25, 0.3) is 0 Å². The quantitative estimate of drug-likeness (QED) is 0.739. The molecule has 5 nitrogen and oxygen atoms in total. The van der Waals surface area contributed by atoms with E-state index in [1.807, 2.05) is 0 Å². The molecule has 0 saturated carbocycles. The summed E-state index contributed by atoms with van der Waals surface area (Å²) >= 11 is 1.75. The third-order valence-corrected chi connectivity index (χ3v) is 5.04. The van der Waals surface area contributed by atoms with Gasteiger partial charge in [0, 0.05) is 18.2 Å². The average molecular weight is 267 g/mol. The summed E-state index contributed by atoms with van der Waals surface area (Å²) in [5.74, 6) is 0.860. The van der Waals surface area contributed by atoms with Crippen LogP contribution in [0.2, 0.25) is 0 Å². The number of hydrogen-bond donors (Lipinski definition) is 2. The molecule has 1 saturated heterocycles. The largest absolute Gasteiger partial charge is 0.481 e. The maximum atomic E-state index is 11.6. The fourth-order valence-corrected chi connectivity index (χ4v) is 4.09. The molecule has 1 atom stereocenters. The van der Waals surface area contributed by atoms with Crippen molar-refractivity contribution in [1.82, 2.24) is 4.72 Å². The molecule has 94 valence electrons. The Morgan fingerprint density at radius 3 is 2.81 bits per heavy atom. The highest BCUT2D eigenvalue weighted by Gasteiger charge is 2.20. The first kappa shape index (κ1) is 13.8. The predicted octanol–water partition coefficient (Wildman–Crippen LogP) is 0.666. The van der Waals surface area contributed by atoms with E-state index in [-0.39, 0.29) is 24.6 Å². The lowest BCUT2D eigenvalue weighted by Crippen LogP contribution is -2.39. The second-order valence-electron chi connectivity index (χ2n) is 3.85. The Balaban J connectivity index is 2.29. The number of carboxylic acid groups (broad SMARTS) is 1. The van der Waals surface area contributed by atoms with Crippen LogP contribution in [0.3, 0.4) is 0 Å². The van der Waals surface area contributed by atoms with E-state index in [0.29, 0.717) is 0 Å². The van der Waals surface area contributed by atoms with Gasteiger partial charge in [-0.05, 0) is 25.0 Å². The molecule has 0 spiro atoms. The van der Waals surface area contributed by atoms with Gasteiger partial charge in [-0.25, -0.2) is 13.1 Å². The van der Waals surface area contributed by atoms with Crippen LogP contribution in [-0.2, 0) is 14.8 Å². The van der Waals surface area contributed by atoms with Crippen LogP contribution >= 0.6 is 11.8 Å². The highest BCUT2D eigenvalue weighted by Crippen LogP contribution is 2.17. The Morgan fingerprint density at radius 1 is 1.50 bits per heavy atom. The van der Waals surface area contributed by atoms with Gasteiger partial charge in [0.1, 0.15) is 0 Å². The molecular formula is C9H17NO4S2. The summed E-state index contributed by atoms with van der Waals surface area (Å²) in [5.41, 5.74) is 0. The lowest BCUT2D eigenvalue weighted by Gasteiger charge is -2.22. The van der Waals surface area contributed by atoms with Crippen molar-refractivity contribution in [2.45, 2.75) is 31.7 Å². The van der Waals surface area contributed by atoms with Crippen LogP contribution in [0.15, 0.2) is 0 Å². The van der Waals surface area contributed by atoms with Crippen molar-refractivity contribution in [1.29, 1.82) is 0 Å². The second-order valence-corrected chi connectivity index (χ2v) is 6.87. The van der Waals surface area contributed by atoms with E-state index in [4.69, 9.17) is 5.11 Å². The molecule has 1 fully saturated rings. The lowest BCUT2D eigenvalue weighted by atomic mass is 10.2. The lowest BCUT2D eigenvalue weighted by molar-refractivity contribution is -0.137. The van der Waals surface area contributed by atoms with Crippen LogP contribution in [0.5, 0.6) is 0 Å². The summed E-state index contributed by atoms with van der Waals surface area (Å²) in [6.07, 6.45) is 1.99. The molecule has 0 aromatic heterocycles. The molecule has 2 N–H and O–H groups in total. The monoisotopic (exact) mass is 267 g/mol. The topological polar surface area (TPSA) is 83.5 Å². The molecule has 0 bridgehead atoms. The molecular weight excluding hydrogens is 250 g/mol. The summed E-state index contributed by atoms with van der Waals surface area (Å²) in [7, 11) is -3.30. The Kier molecular flexibility index (Phi) is 5.57. The zero-order valence-corrected chi connectivity index (χ0v) is 10.6. The summed E-state index contributed by atoms with van der Waals surface area (Å²) in [5, 5.41) is 8.41. The number of thioether (sulfide) groups is 1. The van der Waals surface area contributed by atoms with E-state index in [9.17, 15) is 13.2 Å². The maximum absolute atomic E-state index is 11.6. The molecule has 16 heavy (non-hydrogen) atoms. The SMILES string of the molecule is O=C(O)CCCS(=O)(=O)NC1CCCSC1. The van der Waals surface area contributed by atoms with Crippen LogP contribution < -0.4 is 4.72 Å². The molecule has 0 amide bonds. The van der Waals surface area contributed by atoms with E-state index in [0.717, 1.165) is 24.3 Å². The van der Waals surface area contributed by atoms with Crippen molar-refractivity contribution in [2.75, 3.05) is 17.3 Å². The Bertz CT molecular complexity index is 322. The van der Waals surface area contributed by atoms with Crippen molar-refractivity contribution in [3.05, 3.63) is 0 Å². The van der Waals surface area contributed by atoms with E-state index in [1.165, 1.54) is 0 Å². The van der Waals surface area contributed by atoms with E-state index in [2.05, 4.69) is 4.72 Å². The maximum Gasteiger partial charge on any atom is 0.303 e. The van der Waals surface area contributed by atoms with Crippen LogP contribution in [0.4, 0.5) is 0 Å². The van der Waals surface area contributed by atoms with Gasteiger partial charge in [-0.15, -0.1) is 0 Å². The van der Waals surface area contributed by atoms with Gasteiger partial charge in [-0.1, -0.05) is 0 Å². The van der Waals surface area contributed by atoms with Gasteiger partial charge in [-0.3, -0.25) is 4.79 Å². The predicted molar refractivity (Wildman–Crippen MR) is 64.1 cm³/mol. The van der Waals surface area contributed by atoms with Crippen molar-refractivity contribution >= 4 is 27.8 Å². The van der Waals surface area contributed by atoms with Crippen LogP contribution in [0.1, 0.15) is 25.7 Å².